The summed E-state index contributed by atoms with van der Waals surface area (Å²) in [6.07, 6.45) is -2.48. The molecule has 1 aliphatic rings. The van der Waals surface area contributed by atoms with Gasteiger partial charge in [0, 0.05) is 30.4 Å². The number of para-hydroxylation sites is 1. The molecular weight excluding hydrogens is 329 g/mol. The molecule has 0 saturated carbocycles. The van der Waals surface area contributed by atoms with Gasteiger partial charge in [0.25, 0.3) is 5.91 Å². The highest BCUT2D eigenvalue weighted by atomic mass is 19.4. The summed E-state index contributed by atoms with van der Waals surface area (Å²) in [5.41, 5.74) is 0.310. The van der Waals surface area contributed by atoms with Crippen molar-refractivity contribution < 1.29 is 18.0 Å². The molecule has 1 aliphatic heterocycles. The third kappa shape index (κ3) is 4.13. The number of halogens is 3. The summed E-state index contributed by atoms with van der Waals surface area (Å²) in [6.45, 7) is 1.32. The second kappa shape index (κ2) is 7.17. The first-order valence-electron chi connectivity index (χ1n) is 8.22. The third-order valence-corrected chi connectivity index (χ3v) is 4.42. The van der Waals surface area contributed by atoms with Gasteiger partial charge in [-0.1, -0.05) is 24.3 Å². The van der Waals surface area contributed by atoms with E-state index in [2.05, 4.69) is 10.2 Å². The number of nitrogens with one attached hydrogen (secondary N) is 1. The summed E-state index contributed by atoms with van der Waals surface area (Å²) in [7, 11) is 0. The Hall–Kier alpha value is -2.50. The van der Waals surface area contributed by atoms with Gasteiger partial charge >= 0.3 is 6.18 Å². The number of rotatable bonds is 4. The molecule has 132 valence electrons. The number of hydrogen-bond donors (Lipinski definition) is 1. The highest BCUT2D eigenvalue weighted by Gasteiger charge is 2.31. The fourth-order valence-corrected chi connectivity index (χ4v) is 3.16. The zero-order chi connectivity index (χ0) is 17.9. The maximum atomic E-state index is 12.8. The van der Waals surface area contributed by atoms with Crippen molar-refractivity contribution in [1.82, 2.24) is 5.32 Å². The van der Waals surface area contributed by atoms with Crippen LogP contribution < -0.4 is 10.2 Å². The average Bonchev–Trinajstić information content (AvgIpc) is 3.08. The fraction of sp³-hybridized carbons (Fsp3) is 0.316. The first-order valence-corrected chi connectivity index (χ1v) is 8.22. The number of carbonyl (C=O) groups excluding carboxylic acids is 1. The molecule has 1 fully saturated rings. The standard InChI is InChI=1S/C19H19F3N2O/c20-19(21,22)15-7-4-6-14(12-15)18(25)23-13-17-10-5-11-24(17)16-8-2-1-3-9-16/h1-4,6-9,12,17H,5,10-11,13H2,(H,23,25). The van der Waals surface area contributed by atoms with Gasteiger partial charge in [-0.3, -0.25) is 4.79 Å². The molecule has 1 unspecified atom stereocenters. The Morgan fingerprint density at radius 2 is 1.88 bits per heavy atom. The number of benzene rings is 2. The van der Waals surface area contributed by atoms with Crippen LogP contribution in [0.3, 0.4) is 0 Å². The number of anilines is 1. The second-order valence-electron chi connectivity index (χ2n) is 6.11. The second-order valence-corrected chi connectivity index (χ2v) is 6.11. The predicted octanol–water partition coefficient (Wildman–Crippen LogP) is 4.10. The fourth-order valence-electron chi connectivity index (χ4n) is 3.16. The summed E-state index contributed by atoms with van der Waals surface area (Å²) in [4.78, 5) is 14.5. The van der Waals surface area contributed by atoms with Crippen molar-refractivity contribution in [3.63, 3.8) is 0 Å². The predicted molar refractivity (Wildman–Crippen MR) is 90.6 cm³/mol. The molecule has 1 saturated heterocycles. The van der Waals surface area contributed by atoms with Gasteiger partial charge in [0.15, 0.2) is 0 Å². The van der Waals surface area contributed by atoms with Gasteiger partial charge in [0.05, 0.1) is 5.56 Å². The molecule has 3 rings (SSSR count). The minimum atomic E-state index is -4.45. The van der Waals surface area contributed by atoms with Crippen molar-refractivity contribution in [2.45, 2.75) is 25.1 Å². The molecule has 1 atom stereocenters. The Morgan fingerprint density at radius 3 is 2.60 bits per heavy atom. The minimum absolute atomic E-state index is 0.0269. The lowest BCUT2D eigenvalue weighted by molar-refractivity contribution is -0.137. The Labute approximate surface area is 144 Å². The first-order chi connectivity index (χ1) is 11.9. The first kappa shape index (κ1) is 17.3. The molecule has 2 aromatic rings. The SMILES string of the molecule is O=C(NCC1CCCN1c1ccccc1)c1cccc(C(F)(F)F)c1. The van der Waals surface area contributed by atoms with Crippen molar-refractivity contribution in [3.05, 3.63) is 65.7 Å². The Bertz CT molecular complexity index is 731. The van der Waals surface area contributed by atoms with E-state index < -0.39 is 17.6 Å². The van der Waals surface area contributed by atoms with E-state index in [1.165, 1.54) is 12.1 Å². The van der Waals surface area contributed by atoms with E-state index >= 15 is 0 Å². The monoisotopic (exact) mass is 348 g/mol. The normalized spacial score (nSPS) is 17.6. The van der Waals surface area contributed by atoms with Gasteiger partial charge < -0.3 is 10.2 Å². The molecule has 0 aromatic heterocycles. The van der Waals surface area contributed by atoms with Crippen LogP contribution in [-0.4, -0.2) is 25.0 Å². The Morgan fingerprint density at radius 1 is 1.12 bits per heavy atom. The highest BCUT2D eigenvalue weighted by Crippen LogP contribution is 2.29. The number of nitrogens with zero attached hydrogens (tertiary/aromatic N) is 1. The van der Waals surface area contributed by atoms with Gasteiger partial charge in [-0.05, 0) is 43.2 Å². The maximum absolute atomic E-state index is 12.8. The number of carbonyl (C=O) groups is 1. The summed E-state index contributed by atoms with van der Waals surface area (Å²) in [5.74, 6) is -0.481. The maximum Gasteiger partial charge on any atom is 0.416 e. The summed E-state index contributed by atoms with van der Waals surface area (Å²) >= 11 is 0. The van der Waals surface area contributed by atoms with Crippen molar-refractivity contribution in [2.75, 3.05) is 18.0 Å². The van der Waals surface area contributed by atoms with Gasteiger partial charge in [-0.25, -0.2) is 0 Å². The topological polar surface area (TPSA) is 32.3 Å². The van der Waals surface area contributed by atoms with Gasteiger partial charge in [0.2, 0.25) is 0 Å². The quantitative estimate of drug-likeness (QED) is 0.902. The van der Waals surface area contributed by atoms with Crippen LogP contribution in [-0.2, 0) is 6.18 Å². The summed E-state index contributed by atoms with van der Waals surface area (Å²) < 4.78 is 38.3. The lowest BCUT2D eigenvalue weighted by Gasteiger charge is -2.27. The number of alkyl halides is 3. The summed E-state index contributed by atoms with van der Waals surface area (Å²) in [6, 6.07) is 14.6. The molecule has 0 spiro atoms. The van der Waals surface area contributed by atoms with Crippen molar-refractivity contribution in [1.29, 1.82) is 0 Å². The van der Waals surface area contributed by atoms with E-state index in [9.17, 15) is 18.0 Å². The minimum Gasteiger partial charge on any atom is -0.367 e. The molecular formula is C19H19F3N2O. The smallest absolute Gasteiger partial charge is 0.367 e. The van der Waals surface area contributed by atoms with E-state index in [0.717, 1.165) is 37.2 Å². The largest absolute Gasteiger partial charge is 0.416 e. The molecule has 0 aliphatic carbocycles. The Balaban J connectivity index is 1.64. The van der Waals surface area contributed by atoms with E-state index in [1.54, 1.807) is 0 Å². The number of amides is 1. The van der Waals surface area contributed by atoms with E-state index in [1.807, 2.05) is 30.3 Å². The molecule has 1 heterocycles. The van der Waals surface area contributed by atoms with Gasteiger partial charge in [-0.2, -0.15) is 13.2 Å². The zero-order valence-corrected chi connectivity index (χ0v) is 13.6. The van der Waals surface area contributed by atoms with E-state index in [-0.39, 0.29) is 11.6 Å². The van der Waals surface area contributed by atoms with Gasteiger partial charge in [0.1, 0.15) is 0 Å². The van der Waals surface area contributed by atoms with Crippen LogP contribution in [0.25, 0.3) is 0 Å². The molecule has 25 heavy (non-hydrogen) atoms. The third-order valence-electron chi connectivity index (χ3n) is 4.42. The zero-order valence-electron chi connectivity index (χ0n) is 13.6. The van der Waals surface area contributed by atoms with Crippen LogP contribution in [0.15, 0.2) is 54.6 Å². The average molecular weight is 348 g/mol. The van der Waals surface area contributed by atoms with Crippen LogP contribution >= 0.6 is 0 Å². The van der Waals surface area contributed by atoms with Crippen LogP contribution in [0, 0.1) is 0 Å². The molecule has 0 radical (unpaired) electrons. The van der Waals surface area contributed by atoms with Crippen molar-refractivity contribution >= 4 is 11.6 Å². The van der Waals surface area contributed by atoms with Crippen molar-refractivity contribution in [2.24, 2.45) is 0 Å². The van der Waals surface area contributed by atoms with Crippen molar-refractivity contribution in [3.8, 4) is 0 Å². The molecule has 2 aromatic carbocycles. The summed E-state index contributed by atoms with van der Waals surface area (Å²) in [5, 5.41) is 2.77. The lowest BCUT2D eigenvalue weighted by Crippen LogP contribution is -2.40. The molecule has 3 nitrogen and oxygen atoms in total. The van der Waals surface area contributed by atoms with Crippen LogP contribution in [0.1, 0.15) is 28.8 Å². The van der Waals surface area contributed by atoms with Crippen LogP contribution in [0.2, 0.25) is 0 Å². The molecule has 6 heteroatoms. The number of hydrogen-bond acceptors (Lipinski definition) is 2. The van der Waals surface area contributed by atoms with Crippen LogP contribution in [0.5, 0.6) is 0 Å². The highest BCUT2D eigenvalue weighted by molar-refractivity contribution is 5.94. The van der Waals surface area contributed by atoms with E-state index in [0.29, 0.717) is 6.54 Å². The van der Waals surface area contributed by atoms with E-state index in [4.69, 9.17) is 0 Å². The molecule has 0 bridgehead atoms. The molecule has 1 N–H and O–H groups in total. The van der Waals surface area contributed by atoms with Crippen LogP contribution in [0.4, 0.5) is 18.9 Å². The lowest BCUT2D eigenvalue weighted by atomic mass is 10.1. The Kier molecular flexibility index (Phi) is 4.97. The van der Waals surface area contributed by atoms with Gasteiger partial charge in [-0.15, -0.1) is 0 Å². The molecule has 1 amide bonds.